The van der Waals surface area contributed by atoms with Crippen molar-refractivity contribution in [2.45, 2.75) is 158 Å². The molecule has 1 aliphatic carbocycles. The van der Waals surface area contributed by atoms with E-state index in [1.54, 1.807) is 0 Å². The van der Waals surface area contributed by atoms with Crippen molar-refractivity contribution in [3.8, 4) is 69.0 Å². The number of likely N-dealkylation sites (N-methyl/N-ethyl adjacent to an activating group) is 4. The molecule has 0 saturated heterocycles. The first-order valence-corrected chi connectivity index (χ1v) is 51.9. The van der Waals surface area contributed by atoms with E-state index in [1.807, 2.05) is 76.2 Å². The molecule has 760 valence electrons. The summed E-state index contributed by atoms with van der Waals surface area (Å²) in [5, 5.41) is 3.41. The number of hydrogen-bond donors (Lipinski definition) is 0. The Morgan fingerprint density at radius 2 is 0.432 bits per heavy atom. The molecule has 12 aromatic carbocycles. The van der Waals surface area contributed by atoms with Gasteiger partial charge in [0.25, 0.3) is 0 Å². The average Bonchev–Trinajstić information content (AvgIpc) is 0.716. The molecule has 0 radical (unpaired) electrons. The maximum atomic E-state index is 13.2. The lowest BCUT2D eigenvalue weighted by Crippen LogP contribution is -2.30. The number of fused-ring (bicyclic) bond motifs is 4. The summed E-state index contributed by atoms with van der Waals surface area (Å²) in [4.78, 5) is 61.7. The van der Waals surface area contributed by atoms with Crippen molar-refractivity contribution in [1.29, 1.82) is 0 Å². The van der Waals surface area contributed by atoms with E-state index >= 15 is 0 Å². The maximum Gasteiger partial charge on any atom is 0.336 e. The highest BCUT2D eigenvalue weighted by molar-refractivity contribution is 5.89. The van der Waals surface area contributed by atoms with E-state index in [9.17, 15) is 19.2 Å². The van der Waals surface area contributed by atoms with Crippen molar-refractivity contribution >= 4 is 66.6 Å². The van der Waals surface area contributed by atoms with Crippen LogP contribution in [-0.2, 0) is 25.7 Å². The van der Waals surface area contributed by atoms with E-state index in [1.165, 1.54) is 24.3 Å². The zero-order valence-electron chi connectivity index (χ0n) is 86.0. The van der Waals surface area contributed by atoms with Gasteiger partial charge in [-0.15, -0.1) is 0 Å². The second-order valence-electron chi connectivity index (χ2n) is 39.3. The minimum absolute atomic E-state index is 0.0950. The topological polar surface area (TPSA) is 245 Å². The molecule has 21 rings (SSSR count). The van der Waals surface area contributed by atoms with Gasteiger partial charge in [-0.2, -0.15) is 0 Å². The monoisotopic (exact) mass is 1990 g/mol. The third kappa shape index (κ3) is 19.7. The van der Waals surface area contributed by atoms with E-state index in [-0.39, 0.29) is 53.6 Å². The zero-order chi connectivity index (χ0) is 102. The molecule has 16 bridgehead atoms. The lowest BCUT2D eigenvalue weighted by atomic mass is 9.75. The van der Waals surface area contributed by atoms with Gasteiger partial charge in [0.15, 0.2) is 46.0 Å². The van der Waals surface area contributed by atoms with Crippen LogP contribution in [0.25, 0.3) is 43.9 Å². The van der Waals surface area contributed by atoms with Gasteiger partial charge in [-0.25, -0.2) is 19.2 Å². The maximum absolute atomic E-state index is 13.2. The molecule has 5 aliphatic rings. The Kier molecular flexibility index (Phi) is 28.4. The summed E-state index contributed by atoms with van der Waals surface area (Å²) in [6.45, 7) is 27.0. The van der Waals surface area contributed by atoms with E-state index in [2.05, 4.69) is 221 Å². The van der Waals surface area contributed by atoms with Crippen LogP contribution in [0.5, 0.6) is 69.0 Å². The van der Waals surface area contributed by atoms with E-state index < -0.39 is 46.2 Å². The number of nitrogens with zero attached hydrogens (tertiary/aromatic N) is 4. The standard InChI is InChI=1S/C124H124N4O20/c1-13-125(101-65-105-89(53-77(101)9)73(5)57-109(129)145-105)45-49-133-121-113-93-61-94-86(42-38-82-31-23-18-24-32-82)96-63-98-88(44-40-84-35-27-20-28-36-84)100-64-99-87(43-39-83-33-25-19-26-34-83)97-62-95(85(93)41-37-81-29-21-17-22-30-81)115(139-69-137-113)122(134-50-46-126(14-2)102-66-106-90(54-78(102)10)74(6)58-110(130)146-106)117(97)141-71-143-119(99)124(136-52-48-128(16-4)104-68-108-92(56-80(104)12)76(8)60-112(132)148-108)120(100)144-72-142-118(98)123(116(96)140-70-138-114(94)121)135-51-47-127(15-3)103-67-107-91(55-79(103)11)75(7)59-111(131)147-107/h17-36,53-68,85-88H,13-16,37-52,69-72H2,1-12H3. The highest BCUT2D eigenvalue weighted by Gasteiger charge is 2.45. The van der Waals surface area contributed by atoms with Crippen molar-refractivity contribution in [2.75, 3.05) is 126 Å². The third-order valence-electron chi connectivity index (χ3n) is 30.3. The number of aryl methyl sites for hydroxylation is 12. The van der Waals surface area contributed by atoms with Gasteiger partial charge in [0.1, 0.15) is 48.8 Å². The smallest absolute Gasteiger partial charge is 0.336 e. The van der Waals surface area contributed by atoms with Crippen LogP contribution in [0.1, 0.15) is 188 Å². The average molecular weight is 1990 g/mol. The molecule has 24 nitrogen and oxygen atoms in total. The van der Waals surface area contributed by atoms with Crippen molar-refractivity contribution in [3.63, 3.8) is 0 Å². The van der Waals surface area contributed by atoms with Gasteiger partial charge in [-0.05, 0) is 250 Å². The van der Waals surface area contributed by atoms with Crippen molar-refractivity contribution < 1.29 is 74.5 Å². The molecular formula is C124H124N4O20. The zero-order valence-corrected chi connectivity index (χ0v) is 86.0. The first-order chi connectivity index (χ1) is 72.1. The number of ether oxygens (including phenoxy) is 12. The van der Waals surface area contributed by atoms with Gasteiger partial charge in [0.2, 0.25) is 50.2 Å². The summed E-state index contributed by atoms with van der Waals surface area (Å²) in [7, 11) is 0. The Morgan fingerprint density at radius 3 is 0.615 bits per heavy atom. The number of anilines is 4. The fraction of sp³-hybridized carbons (Fsp3) is 0.323. The van der Waals surface area contributed by atoms with Crippen LogP contribution in [0.2, 0.25) is 0 Å². The molecule has 4 aliphatic heterocycles. The third-order valence-corrected chi connectivity index (χ3v) is 30.3. The summed E-state index contributed by atoms with van der Waals surface area (Å²) < 4.78 is 115. The van der Waals surface area contributed by atoms with Crippen LogP contribution >= 0.6 is 0 Å². The minimum Gasteiger partial charge on any atom is -0.485 e. The molecule has 0 N–H and O–H groups in total. The lowest BCUT2D eigenvalue weighted by molar-refractivity contribution is 0.0828. The van der Waals surface area contributed by atoms with E-state index in [0.29, 0.717) is 195 Å². The molecule has 16 aromatic rings. The Labute approximate surface area is 860 Å². The van der Waals surface area contributed by atoms with Gasteiger partial charge in [0.05, 0.1) is 26.2 Å². The molecule has 0 fully saturated rings. The SMILES string of the molecule is CCN(CCOc1c2c3cc4c1OCOc1c(cc5c(c1OCCN(CC)c1cc6oc(=O)cc(C)c6cc1C)OCOc1c(cc6c(c1OCCN(CC)c1cc7oc(=O)cc(C)c7cc1C)OCOc1c(cc(c(c1OCCN(CC)c1cc7oc(=O)cc(C)c7cc1C)OCO2)C3CCc1ccccc1)C6CCc1ccccc1)C5CCc1ccccc1)C4CCc1ccccc1)c1cc2oc(=O)cc(C)c2cc1C. The Bertz CT molecular complexity index is 6910. The molecule has 0 saturated carbocycles. The van der Waals surface area contributed by atoms with Crippen LogP contribution in [-0.4, -0.2) is 106 Å². The van der Waals surface area contributed by atoms with E-state index in [4.69, 9.17) is 74.5 Å². The normalized spacial score (nSPS) is 15.1. The van der Waals surface area contributed by atoms with Gasteiger partial charge < -0.3 is 94.1 Å². The predicted molar refractivity (Wildman–Crippen MR) is 578 cm³/mol. The second kappa shape index (κ2) is 42.8. The Morgan fingerprint density at radius 1 is 0.243 bits per heavy atom. The first kappa shape index (κ1) is 98.3. The summed E-state index contributed by atoms with van der Waals surface area (Å²) >= 11 is 0. The Balaban J connectivity index is 0.842. The highest BCUT2D eigenvalue weighted by Crippen LogP contribution is 2.63. The Hall–Kier alpha value is -15.7. The van der Waals surface area contributed by atoms with Crippen LogP contribution in [0, 0.1) is 55.4 Å². The van der Waals surface area contributed by atoms with Crippen LogP contribution in [0.4, 0.5) is 22.7 Å². The lowest BCUT2D eigenvalue weighted by Gasteiger charge is -2.37. The van der Waals surface area contributed by atoms with E-state index in [0.717, 1.165) is 156 Å². The molecular weight excluding hydrogens is 1870 g/mol. The van der Waals surface area contributed by atoms with Gasteiger partial charge >= 0.3 is 22.5 Å². The van der Waals surface area contributed by atoms with Crippen molar-refractivity contribution in [2.24, 2.45) is 0 Å². The van der Waals surface area contributed by atoms with Crippen LogP contribution in [0.15, 0.2) is 255 Å². The molecule has 0 amide bonds. The van der Waals surface area contributed by atoms with Gasteiger partial charge in [-0.1, -0.05) is 121 Å². The molecule has 148 heavy (non-hydrogen) atoms. The van der Waals surface area contributed by atoms with Crippen LogP contribution < -0.4 is 98.9 Å². The summed E-state index contributed by atoms with van der Waals surface area (Å²) in [6, 6.07) is 73.9. The number of hydrogen-bond acceptors (Lipinski definition) is 24. The second-order valence-corrected chi connectivity index (χ2v) is 39.3. The molecule has 24 heteroatoms. The largest absolute Gasteiger partial charge is 0.485 e. The van der Waals surface area contributed by atoms with Gasteiger partial charge in [0, 0.05) is 187 Å². The fourth-order valence-corrected chi connectivity index (χ4v) is 22.8. The summed E-state index contributed by atoms with van der Waals surface area (Å²) in [6.07, 6.45) is 4.13. The summed E-state index contributed by atoms with van der Waals surface area (Å²) in [5.74, 6) is 2.02. The van der Waals surface area contributed by atoms with Crippen molar-refractivity contribution in [1.82, 2.24) is 0 Å². The van der Waals surface area contributed by atoms with Crippen LogP contribution in [0.3, 0.4) is 0 Å². The van der Waals surface area contributed by atoms with Crippen molar-refractivity contribution in [3.05, 3.63) is 371 Å². The molecule has 4 aromatic heterocycles. The minimum atomic E-state index is -0.648. The quantitative estimate of drug-likeness (QED) is 0.0331. The molecule has 8 heterocycles. The number of benzene rings is 12. The highest BCUT2D eigenvalue weighted by atomic mass is 16.7. The molecule has 0 atom stereocenters. The molecule has 0 spiro atoms. The first-order valence-electron chi connectivity index (χ1n) is 51.9. The fourth-order valence-electron chi connectivity index (χ4n) is 22.8. The number of rotatable bonds is 36. The molecule has 0 unspecified atom stereocenters. The summed E-state index contributed by atoms with van der Waals surface area (Å²) in [5.41, 5.74) is 21.7. The van der Waals surface area contributed by atoms with Gasteiger partial charge in [-0.3, -0.25) is 0 Å². The predicted octanol–water partition coefficient (Wildman–Crippen LogP) is 24.5.